The molecule has 0 aromatic heterocycles. The number of rotatable bonds is 9. The van der Waals surface area contributed by atoms with Gasteiger partial charge in [-0.2, -0.15) is 0 Å². The fraction of sp³-hybridized carbons (Fsp3) is 0.333. The van der Waals surface area contributed by atoms with E-state index < -0.39 is 23.4 Å². The second-order valence-electron chi connectivity index (χ2n) is 17.1. The van der Waals surface area contributed by atoms with E-state index in [0.717, 1.165) is 0 Å². The lowest BCUT2D eigenvalue weighted by atomic mass is 10.0. The van der Waals surface area contributed by atoms with Crippen LogP contribution in [0.1, 0.15) is 134 Å². The minimum atomic E-state index is -0.472. The molecule has 312 valence electrons. The summed E-state index contributed by atoms with van der Waals surface area (Å²) in [6.07, 6.45) is 7.58. The van der Waals surface area contributed by atoms with Crippen molar-refractivity contribution in [1.29, 1.82) is 0 Å². The summed E-state index contributed by atoms with van der Waals surface area (Å²) >= 11 is 6.78. The van der Waals surface area contributed by atoms with Gasteiger partial charge in [-0.3, -0.25) is 4.44 Å². The van der Waals surface area contributed by atoms with Crippen LogP contribution >= 0.6 is 34.7 Å². The molecule has 6 atom stereocenters. The van der Waals surface area contributed by atoms with Crippen molar-refractivity contribution >= 4 is 34.7 Å². The predicted molar refractivity (Wildman–Crippen MR) is 266 cm³/mol. The monoisotopic (exact) mass is 868 g/mol. The number of halogens is 1. The van der Waals surface area contributed by atoms with Crippen LogP contribution in [0.25, 0.3) is 0 Å². The Kier molecular flexibility index (Phi) is 16.6. The van der Waals surface area contributed by atoms with Crippen LogP contribution in [-0.4, -0.2) is 16.5 Å². The smallest absolute Gasteiger partial charge is 0.0186 e. The molecule has 0 unspecified atom stereocenters. The first-order valence-corrected chi connectivity index (χ1v) is 27.4. The highest BCUT2D eigenvalue weighted by Crippen LogP contribution is 2.84. The first-order valence-electron chi connectivity index (χ1n) is 22.2. The fourth-order valence-electron chi connectivity index (χ4n) is 9.55. The third kappa shape index (κ3) is 11.1. The van der Waals surface area contributed by atoms with Gasteiger partial charge in [0.1, 0.15) is 0 Å². The number of nitrogens with zero attached hydrogens (tertiary/aromatic N) is 1. The Morgan fingerprint density at radius 1 is 0.383 bits per heavy atom. The van der Waals surface area contributed by atoms with E-state index in [9.17, 15) is 0 Å². The molecule has 3 heterocycles. The summed E-state index contributed by atoms with van der Waals surface area (Å²) < 4.78 is 3.13. The SMILES string of the molecule is CC(C)N.CC(C)N(P1[C@H](c2ccccc2)CC[C@H]1c1ccccc1)P1[C@H](c2ccccc2)CC[C@H]1c1ccccc1.ClP1[C@H](c2ccccc2)CC[C@H]1c1ccccc1. The molecule has 2 N–H and O–H groups in total. The summed E-state index contributed by atoms with van der Waals surface area (Å²) in [5, 5.41) is 0. The molecule has 6 heteroatoms. The third-order valence-electron chi connectivity index (χ3n) is 12.1. The maximum Gasteiger partial charge on any atom is 0.0186 e. The van der Waals surface area contributed by atoms with Crippen molar-refractivity contribution in [3.05, 3.63) is 215 Å². The molecule has 3 fully saturated rings. The molecule has 0 radical (unpaired) electrons. The maximum absolute atomic E-state index is 6.78. The molecule has 0 bridgehead atoms. The van der Waals surface area contributed by atoms with Crippen LogP contribution in [0.4, 0.5) is 0 Å². The van der Waals surface area contributed by atoms with Gasteiger partial charge in [-0.15, -0.1) is 0 Å². The number of nitrogens with two attached hydrogens (primary N) is 1. The van der Waals surface area contributed by atoms with Gasteiger partial charge in [-0.05, 0) is 108 Å². The highest BCUT2D eigenvalue weighted by atomic mass is 35.7. The maximum atomic E-state index is 6.78. The molecule has 0 saturated carbocycles. The average Bonchev–Trinajstić information content (AvgIpc) is 4.03. The van der Waals surface area contributed by atoms with E-state index in [1.165, 1.54) is 49.7 Å². The second-order valence-corrected chi connectivity index (χ2v) is 25.4. The van der Waals surface area contributed by atoms with Gasteiger partial charge in [0, 0.05) is 47.3 Å². The second kappa shape index (κ2) is 22.3. The number of hydrogen-bond donors (Lipinski definition) is 1. The van der Waals surface area contributed by atoms with Gasteiger partial charge in [0.2, 0.25) is 0 Å². The summed E-state index contributed by atoms with van der Waals surface area (Å²) in [7, 11) is -1.29. The Labute approximate surface area is 370 Å². The van der Waals surface area contributed by atoms with Crippen molar-refractivity contribution in [2.75, 3.05) is 0 Å². The van der Waals surface area contributed by atoms with Crippen LogP contribution in [0.5, 0.6) is 0 Å². The van der Waals surface area contributed by atoms with Gasteiger partial charge in [-0.25, -0.2) is 0 Å². The van der Waals surface area contributed by atoms with E-state index in [2.05, 4.69) is 200 Å². The summed E-state index contributed by atoms with van der Waals surface area (Å²) in [5.74, 6) is 0. The van der Waals surface area contributed by atoms with E-state index in [-0.39, 0.29) is 0 Å². The van der Waals surface area contributed by atoms with E-state index >= 15 is 0 Å². The molecule has 6 aromatic carbocycles. The standard InChI is InChI=1S/C35H39NP2.C16H16ClP.C3H9N/c1-27(2)36(37-32(28-15-7-3-8-16-28)23-24-33(37)29-17-9-4-10-18-29)38-34(30-19-11-5-12-20-30)25-26-35(38)31-21-13-6-14-22-31;17-18-15(13-7-3-1-4-8-13)11-12-16(18)14-9-5-2-6-10-14;1-3(2)4/h3-22,27,32-35H,23-26H2,1-2H3;1-10,15-16H,11-12H2;3H,4H2,1-2H3/t32-,33-,34-,35-;15-,16-;/m00./s1. The Hall–Kier alpha value is -3.18. The van der Waals surface area contributed by atoms with Gasteiger partial charge >= 0.3 is 0 Å². The first-order chi connectivity index (χ1) is 29.3. The van der Waals surface area contributed by atoms with Crippen molar-refractivity contribution in [3.8, 4) is 0 Å². The lowest BCUT2D eigenvalue weighted by Gasteiger charge is -2.47. The molecule has 2 nitrogen and oxygen atoms in total. The van der Waals surface area contributed by atoms with E-state index in [1.807, 2.05) is 13.8 Å². The zero-order valence-electron chi connectivity index (χ0n) is 35.9. The highest BCUT2D eigenvalue weighted by Gasteiger charge is 2.50. The Morgan fingerprint density at radius 2 is 0.567 bits per heavy atom. The van der Waals surface area contributed by atoms with Crippen LogP contribution < -0.4 is 5.73 Å². The lowest BCUT2D eigenvalue weighted by Crippen LogP contribution is -2.25. The predicted octanol–water partition coefficient (Wildman–Crippen LogP) is 17.3. The third-order valence-corrected chi connectivity index (χ3v) is 23.7. The Morgan fingerprint density at radius 3 is 0.767 bits per heavy atom. The minimum Gasteiger partial charge on any atom is -0.328 e. The van der Waals surface area contributed by atoms with E-state index in [4.69, 9.17) is 17.0 Å². The normalized spacial score (nSPS) is 23.4. The molecule has 0 amide bonds. The van der Waals surface area contributed by atoms with E-state index in [1.54, 1.807) is 22.3 Å². The van der Waals surface area contributed by atoms with Gasteiger partial charge in [-0.1, -0.05) is 207 Å². The van der Waals surface area contributed by atoms with Crippen LogP contribution in [0, 0.1) is 0 Å². The summed E-state index contributed by atoms with van der Waals surface area (Å²) in [5.41, 5.74) is 17.7. The molecule has 0 spiro atoms. The summed E-state index contributed by atoms with van der Waals surface area (Å²) in [4.78, 5) is 0. The molecule has 3 saturated heterocycles. The van der Waals surface area contributed by atoms with Crippen molar-refractivity contribution in [3.63, 3.8) is 0 Å². The topological polar surface area (TPSA) is 29.3 Å². The first kappa shape index (κ1) is 44.9. The van der Waals surface area contributed by atoms with Gasteiger partial charge in [0.15, 0.2) is 0 Å². The quantitative estimate of drug-likeness (QED) is 0.147. The summed E-state index contributed by atoms with van der Waals surface area (Å²) in [6.45, 7) is 8.85. The number of benzene rings is 6. The summed E-state index contributed by atoms with van der Waals surface area (Å²) in [6, 6.07) is 68.2. The largest absolute Gasteiger partial charge is 0.328 e. The van der Waals surface area contributed by atoms with Crippen LogP contribution in [0.15, 0.2) is 182 Å². The van der Waals surface area contributed by atoms with Crippen LogP contribution in [0.3, 0.4) is 0 Å². The van der Waals surface area contributed by atoms with Gasteiger partial charge in [0.05, 0.1) is 0 Å². The number of hydrogen-bond acceptors (Lipinski definition) is 2. The lowest BCUT2D eigenvalue weighted by molar-refractivity contribution is 0.555. The van der Waals surface area contributed by atoms with Gasteiger partial charge < -0.3 is 5.73 Å². The van der Waals surface area contributed by atoms with Crippen molar-refractivity contribution in [2.24, 2.45) is 5.73 Å². The van der Waals surface area contributed by atoms with E-state index in [0.29, 0.717) is 46.0 Å². The Balaban J connectivity index is 0.000000205. The fourth-order valence-corrected chi connectivity index (χ4v) is 22.0. The molecular formula is C54H64ClN2P3. The Bertz CT molecular complexity index is 1860. The molecule has 9 rings (SSSR count). The average molecular weight is 869 g/mol. The molecule has 0 aliphatic carbocycles. The van der Waals surface area contributed by atoms with Crippen LogP contribution in [0.2, 0.25) is 0 Å². The molecule has 6 aromatic rings. The highest BCUT2D eigenvalue weighted by molar-refractivity contribution is 7.84. The molecule has 60 heavy (non-hydrogen) atoms. The van der Waals surface area contributed by atoms with Crippen molar-refractivity contribution in [1.82, 2.24) is 4.44 Å². The van der Waals surface area contributed by atoms with Crippen molar-refractivity contribution < 1.29 is 0 Å². The van der Waals surface area contributed by atoms with Crippen molar-refractivity contribution in [2.45, 2.75) is 112 Å². The minimum absolute atomic E-state index is 0.333. The molecular weight excluding hydrogens is 805 g/mol. The molecule has 3 aliphatic heterocycles. The van der Waals surface area contributed by atoms with Crippen LogP contribution in [-0.2, 0) is 0 Å². The zero-order valence-corrected chi connectivity index (χ0v) is 39.4. The van der Waals surface area contributed by atoms with Gasteiger partial charge in [0.25, 0.3) is 0 Å². The zero-order chi connectivity index (χ0) is 41.8. The molecule has 3 aliphatic rings.